The van der Waals surface area contributed by atoms with Gasteiger partial charge in [-0.3, -0.25) is 14.4 Å². The number of fused-ring (bicyclic) bond motifs is 1. The summed E-state index contributed by atoms with van der Waals surface area (Å²) in [5.41, 5.74) is 3.26. The normalized spacial score (nSPS) is 20.4. The Kier molecular flexibility index (Phi) is 5.90. The zero-order chi connectivity index (χ0) is 21.3. The molecule has 2 unspecified atom stereocenters. The van der Waals surface area contributed by atoms with Crippen molar-refractivity contribution in [1.29, 1.82) is 0 Å². The Morgan fingerprint density at radius 2 is 1.73 bits per heavy atom. The van der Waals surface area contributed by atoms with Gasteiger partial charge < -0.3 is 15.7 Å². The maximum atomic E-state index is 13.2. The van der Waals surface area contributed by atoms with Crippen molar-refractivity contribution in [1.82, 2.24) is 0 Å². The third-order valence-electron chi connectivity index (χ3n) is 6.20. The summed E-state index contributed by atoms with van der Waals surface area (Å²) in [4.78, 5) is 38.9. The molecular formula is C23H26N2O4S. The van der Waals surface area contributed by atoms with E-state index in [0.29, 0.717) is 23.4 Å². The van der Waals surface area contributed by atoms with E-state index < -0.39 is 17.8 Å². The molecule has 0 radical (unpaired) electrons. The second-order valence-corrected chi connectivity index (χ2v) is 9.26. The van der Waals surface area contributed by atoms with Crippen LogP contribution in [0, 0.1) is 18.8 Å². The number of hydrogen-bond donors (Lipinski definition) is 3. The van der Waals surface area contributed by atoms with Crippen molar-refractivity contribution in [2.75, 3.05) is 10.6 Å². The van der Waals surface area contributed by atoms with Gasteiger partial charge in [-0.2, -0.15) is 0 Å². The molecule has 0 saturated heterocycles. The first kappa shape index (κ1) is 20.6. The first-order valence-electron chi connectivity index (χ1n) is 10.5. The summed E-state index contributed by atoms with van der Waals surface area (Å²) < 4.78 is 0. The summed E-state index contributed by atoms with van der Waals surface area (Å²) in [5.74, 6) is -2.64. The highest BCUT2D eigenvalue weighted by molar-refractivity contribution is 7.17. The van der Waals surface area contributed by atoms with Gasteiger partial charge in [-0.25, -0.2) is 0 Å². The zero-order valence-corrected chi connectivity index (χ0v) is 17.8. The molecule has 2 aromatic rings. The fourth-order valence-corrected chi connectivity index (χ4v) is 5.87. The van der Waals surface area contributed by atoms with Gasteiger partial charge in [0.1, 0.15) is 5.00 Å². The van der Waals surface area contributed by atoms with E-state index in [1.165, 1.54) is 11.3 Å². The van der Waals surface area contributed by atoms with E-state index >= 15 is 0 Å². The Labute approximate surface area is 179 Å². The molecule has 6 nitrogen and oxygen atoms in total. The minimum absolute atomic E-state index is 0.225. The standard InChI is InChI=1S/C23H26N2O4S/c1-13-7-2-5-11-17(13)24-21(27)19-16-10-6-12-18(16)30-22(19)25-20(26)14-8-3-4-9-15(14)23(28)29/h2,5,7,11,14-15H,3-4,6,8-10,12H2,1H3,(H,24,27)(H,25,26)(H,28,29). The SMILES string of the molecule is Cc1ccccc1NC(=O)c1c(NC(=O)C2CCCCC2C(=O)O)sc2c1CCC2. The second kappa shape index (κ2) is 8.60. The molecule has 2 atom stereocenters. The maximum absolute atomic E-state index is 13.2. The number of thiophene rings is 1. The third-order valence-corrected chi connectivity index (χ3v) is 7.41. The molecule has 1 saturated carbocycles. The lowest BCUT2D eigenvalue weighted by molar-refractivity contribution is -0.147. The number of carboxylic acid groups (broad SMARTS) is 1. The average molecular weight is 427 g/mol. The van der Waals surface area contributed by atoms with Crippen LogP contribution in [0.4, 0.5) is 10.7 Å². The molecule has 158 valence electrons. The van der Waals surface area contributed by atoms with Gasteiger partial charge in [-0.05, 0) is 56.2 Å². The van der Waals surface area contributed by atoms with Crippen molar-refractivity contribution in [2.45, 2.75) is 51.9 Å². The lowest BCUT2D eigenvalue weighted by atomic mass is 9.79. The predicted octanol–water partition coefficient (Wildman–Crippen LogP) is 4.63. The van der Waals surface area contributed by atoms with Crippen LogP contribution >= 0.6 is 11.3 Å². The number of aliphatic carboxylic acids is 1. The molecule has 1 fully saturated rings. The van der Waals surface area contributed by atoms with Gasteiger partial charge in [0.2, 0.25) is 5.91 Å². The van der Waals surface area contributed by atoms with Crippen LogP contribution in [0.25, 0.3) is 0 Å². The predicted molar refractivity (Wildman–Crippen MR) is 117 cm³/mol. The molecule has 7 heteroatoms. The molecule has 4 rings (SSSR count). The van der Waals surface area contributed by atoms with E-state index in [2.05, 4.69) is 10.6 Å². The lowest BCUT2D eigenvalue weighted by Crippen LogP contribution is -2.36. The number of rotatable bonds is 5. The molecule has 30 heavy (non-hydrogen) atoms. The second-order valence-electron chi connectivity index (χ2n) is 8.16. The molecule has 0 bridgehead atoms. The average Bonchev–Trinajstić information content (AvgIpc) is 3.30. The van der Waals surface area contributed by atoms with Crippen molar-refractivity contribution >= 4 is 39.8 Å². The number of carbonyl (C=O) groups is 3. The first-order chi connectivity index (χ1) is 14.5. The topological polar surface area (TPSA) is 95.5 Å². The fraction of sp³-hybridized carbons (Fsp3) is 0.435. The molecule has 1 heterocycles. The van der Waals surface area contributed by atoms with Crippen LogP contribution in [0.15, 0.2) is 24.3 Å². The van der Waals surface area contributed by atoms with Gasteiger partial charge in [0.25, 0.3) is 5.91 Å². The van der Waals surface area contributed by atoms with E-state index in [1.54, 1.807) is 0 Å². The van der Waals surface area contributed by atoms with Crippen LogP contribution in [0.2, 0.25) is 0 Å². The van der Waals surface area contributed by atoms with Crippen LogP contribution in [-0.4, -0.2) is 22.9 Å². The Bertz CT molecular complexity index is 997. The number of amides is 2. The summed E-state index contributed by atoms with van der Waals surface area (Å²) >= 11 is 1.45. The minimum Gasteiger partial charge on any atom is -0.481 e. The van der Waals surface area contributed by atoms with Crippen LogP contribution in [0.3, 0.4) is 0 Å². The number of aryl methyl sites for hydroxylation is 2. The van der Waals surface area contributed by atoms with Gasteiger partial charge in [-0.1, -0.05) is 31.0 Å². The van der Waals surface area contributed by atoms with Crippen LogP contribution in [0.1, 0.15) is 58.5 Å². The Morgan fingerprint density at radius 3 is 2.47 bits per heavy atom. The monoisotopic (exact) mass is 426 g/mol. The molecular weight excluding hydrogens is 400 g/mol. The van der Waals surface area contributed by atoms with Gasteiger partial charge >= 0.3 is 5.97 Å². The first-order valence-corrected chi connectivity index (χ1v) is 11.3. The van der Waals surface area contributed by atoms with E-state index in [4.69, 9.17) is 0 Å². The number of nitrogens with one attached hydrogen (secondary N) is 2. The van der Waals surface area contributed by atoms with Crippen LogP contribution < -0.4 is 10.6 Å². The number of hydrogen-bond acceptors (Lipinski definition) is 4. The number of para-hydroxylation sites is 1. The van der Waals surface area contributed by atoms with Crippen LogP contribution in [0.5, 0.6) is 0 Å². The molecule has 1 aromatic carbocycles. The molecule has 2 aliphatic carbocycles. The zero-order valence-electron chi connectivity index (χ0n) is 17.0. The summed E-state index contributed by atoms with van der Waals surface area (Å²) in [7, 11) is 0. The number of carboxylic acids is 1. The highest BCUT2D eigenvalue weighted by atomic mass is 32.1. The summed E-state index contributed by atoms with van der Waals surface area (Å²) in [6, 6.07) is 7.59. The van der Waals surface area contributed by atoms with Crippen molar-refractivity contribution in [3.8, 4) is 0 Å². The van der Waals surface area contributed by atoms with Crippen LogP contribution in [-0.2, 0) is 22.4 Å². The number of anilines is 2. The third kappa shape index (κ3) is 3.99. The van der Waals surface area contributed by atoms with Gasteiger partial charge in [0, 0.05) is 10.6 Å². The smallest absolute Gasteiger partial charge is 0.307 e. The van der Waals surface area contributed by atoms with Crippen molar-refractivity contribution in [3.63, 3.8) is 0 Å². The molecule has 1 aromatic heterocycles. The van der Waals surface area contributed by atoms with E-state index in [-0.39, 0.29) is 11.8 Å². The molecule has 3 N–H and O–H groups in total. The maximum Gasteiger partial charge on any atom is 0.307 e. The Hall–Kier alpha value is -2.67. The quantitative estimate of drug-likeness (QED) is 0.650. The summed E-state index contributed by atoms with van der Waals surface area (Å²) in [5, 5.41) is 16.0. The van der Waals surface area contributed by atoms with Crippen molar-refractivity contribution in [2.24, 2.45) is 11.8 Å². The molecule has 2 aliphatic rings. The highest BCUT2D eigenvalue weighted by Gasteiger charge is 2.37. The van der Waals surface area contributed by atoms with E-state index in [0.717, 1.165) is 53.8 Å². The Balaban J connectivity index is 1.60. The lowest BCUT2D eigenvalue weighted by Gasteiger charge is -2.27. The van der Waals surface area contributed by atoms with Crippen molar-refractivity contribution < 1.29 is 19.5 Å². The largest absolute Gasteiger partial charge is 0.481 e. The molecule has 2 amide bonds. The van der Waals surface area contributed by atoms with Crippen molar-refractivity contribution in [3.05, 3.63) is 45.8 Å². The Morgan fingerprint density at radius 1 is 1.00 bits per heavy atom. The molecule has 0 spiro atoms. The fourth-order valence-electron chi connectivity index (χ4n) is 4.58. The van der Waals surface area contributed by atoms with Gasteiger partial charge in [0.15, 0.2) is 0 Å². The number of benzene rings is 1. The van der Waals surface area contributed by atoms with E-state index in [9.17, 15) is 19.5 Å². The number of carbonyl (C=O) groups excluding carboxylic acids is 2. The molecule has 0 aliphatic heterocycles. The van der Waals surface area contributed by atoms with Gasteiger partial charge in [0.05, 0.1) is 17.4 Å². The highest BCUT2D eigenvalue weighted by Crippen LogP contribution is 2.40. The summed E-state index contributed by atoms with van der Waals surface area (Å²) in [6.07, 6.45) is 5.50. The summed E-state index contributed by atoms with van der Waals surface area (Å²) in [6.45, 7) is 1.94. The minimum atomic E-state index is -0.916. The van der Waals surface area contributed by atoms with E-state index in [1.807, 2.05) is 31.2 Å². The van der Waals surface area contributed by atoms with Gasteiger partial charge in [-0.15, -0.1) is 11.3 Å².